The third kappa shape index (κ3) is 2.12. The molecular formula is C24H21NSi. The second-order valence-electron chi connectivity index (χ2n) is 7.52. The third-order valence-electron chi connectivity index (χ3n) is 5.96. The molecule has 2 aliphatic carbocycles. The maximum Gasteiger partial charge on any atom is 0.0949 e. The van der Waals surface area contributed by atoms with Gasteiger partial charge in [0, 0.05) is 16.8 Å². The van der Waals surface area contributed by atoms with Gasteiger partial charge < -0.3 is 0 Å². The van der Waals surface area contributed by atoms with Crippen molar-refractivity contribution in [3.63, 3.8) is 0 Å². The van der Waals surface area contributed by atoms with Crippen LogP contribution in [0, 0.1) is 0 Å². The minimum absolute atomic E-state index is 0.501. The second kappa shape index (κ2) is 5.52. The van der Waals surface area contributed by atoms with Crippen molar-refractivity contribution in [2.45, 2.75) is 33.2 Å². The van der Waals surface area contributed by atoms with Crippen molar-refractivity contribution in [3.8, 4) is 0 Å². The first kappa shape index (κ1) is 15.8. The third-order valence-corrected chi connectivity index (χ3v) is 7.85. The summed E-state index contributed by atoms with van der Waals surface area (Å²) in [6.45, 7) is 8.88. The number of rotatable bonds is 2. The van der Waals surface area contributed by atoms with Crippen LogP contribution in [-0.2, 0) is 0 Å². The van der Waals surface area contributed by atoms with Gasteiger partial charge in [-0.3, -0.25) is 4.99 Å². The minimum atomic E-state index is 0.501. The molecular weight excluding hydrogens is 330 g/mol. The number of nitrogens with zero attached hydrogens (tertiary/aromatic N) is 1. The molecule has 5 rings (SSSR count). The van der Waals surface area contributed by atoms with Gasteiger partial charge in [-0.15, -0.1) is 0 Å². The molecule has 3 aliphatic rings. The summed E-state index contributed by atoms with van der Waals surface area (Å²) >= 11 is 0. The van der Waals surface area contributed by atoms with Crippen molar-refractivity contribution in [3.05, 3.63) is 86.8 Å². The fourth-order valence-electron chi connectivity index (χ4n) is 4.43. The van der Waals surface area contributed by atoms with Gasteiger partial charge in [-0.1, -0.05) is 53.2 Å². The van der Waals surface area contributed by atoms with Crippen LogP contribution in [-0.4, -0.2) is 15.2 Å². The lowest BCUT2D eigenvalue weighted by molar-refractivity contribution is 1.13. The lowest BCUT2D eigenvalue weighted by Crippen LogP contribution is -2.10. The van der Waals surface area contributed by atoms with Gasteiger partial charge in [0.1, 0.15) is 0 Å². The van der Waals surface area contributed by atoms with Crippen LogP contribution in [0.5, 0.6) is 0 Å². The average Bonchev–Trinajstić information content (AvgIpc) is 3.21. The minimum Gasteiger partial charge on any atom is -0.253 e. The van der Waals surface area contributed by atoms with E-state index >= 15 is 0 Å². The Kier molecular flexibility index (Phi) is 3.35. The molecule has 1 heterocycles. The maximum absolute atomic E-state index is 4.76. The molecule has 0 amide bonds. The van der Waals surface area contributed by atoms with E-state index in [9.17, 15) is 0 Å². The van der Waals surface area contributed by atoms with Crippen LogP contribution in [0.2, 0.25) is 0 Å². The standard InChI is InChI=1S/C24H21NSi/c1-13-11-20-18-8-6-5-7-17(18)9-10-19(20)24(13)26-22-12-21-23(15(22)3)14(2)16(4)25-21/h5-12,24H,1-4H3. The Labute approximate surface area is 157 Å². The molecule has 0 fully saturated rings. The molecule has 1 atom stereocenters. The zero-order chi connectivity index (χ0) is 18.0. The highest BCUT2D eigenvalue weighted by molar-refractivity contribution is 6.50. The van der Waals surface area contributed by atoms with Crippen molar-refractivity contribution < 1.29 is 0 Å². The van der Waals surface area contributed by atoms with Gasteiger partial charge in [-0.05, 0) is 66.8 Å². The Morgan fingerprint density at radius 3 is 2.50 bits per heavy atom. The van der Waals surface area contributed by atoms with Crippen molar-refractivity contribution in [2.75, 3.05) is 0 Å². The Bertz CT molecular complexity index is 1140. The zero-order valence-electron chi connectivity index (χ0n) is 15.6. The highest BCUT2D eigenvalue weighted by Crippen LogP contribution is 2.43. The summed E-state index contributed by atoms with van der Waals surface area (Å²) in [5.74, 6) is 0. The summed E-state index contributed by atoms with van der Waals surface area (Å²) in [4.78, 5) is 4.76. The lowest BCUT2D eigenvalue weighted by Gasteiger charge is -2.15. The van der Waals surface area contributed by atoms with E-state index in [1.807, 2.05) is 0 Å². The predicted octanol–water partition coefficient (Wildman–Crippen LogP) is 5.96. The van der Waals surface area contributed by atoms with E-state index in [1.54, 1.807) is 0 Å². The van der Waals surface area contributed by atoms with Crippen LogP contribution in [0.3, 0.4) is 0 Å². The predicted molar refractivity (Wildman–Crippen MR) is 113 cm³/mol. The summed E-state index contributed by atoms with van der Waals surface area (Å²) < 4.78 is 0. The van der Waals surface area contributed by atoms with E-state index in [2.05, 4.69) is 76.2 Å². The van der Waals surface area contributed by atoms with Crippen LogP contribution < -0.4 is 0 Å². The Morgan fingerprint density at radius 2 is 1.69 bits per heavy atom. The molecule has 2 aromatic rings. The Morgan fingerprint density at radius 1 is 0.885 bits per heavy atom. The van der Waals surface area contributed by atoms with Crippen molar-refractivity contribution in [2.24, 2.45) is 4.99 Å². The first-order chi connectivity index (χ1) is 12.5. The number of benzene rings is 2. The Hall–Kier alpha value is -2.45. The van der Waals surface area contributed by atoms with Gasteiger partial charge >= 0.3 is 0 Å². The van der Waals surface area contributed by atoms with Crippen LogP contribution >= 0.6 is 0 Å². The molecule has 2 heteroatoms. The van der Waals surface area contributed by atoms with E-state index in [0.717, 1.165) is 9.52 Å². The van der Waals surface area contributed by atoms with E-state index in [-0.39, 0.29) is 0 Å². The van der Waals surface area contributed by atoms with Crippen LogP contribution in [0.15, 0.2) is 80.7 Å². The fraction of sp³-hybridized carbons (Fsp3) is 0.208. The smallest absolute Gasteiger partial charge is 0.0949 e. The molecule has 1 aliphatic heterocycles. The zero-order valence-corrected chi connectivity index (χ0v) is 16.6. The number of hydrogen-bond donors (Lipinski definition) is 0. The van der Waals surface area contributed by atoms with Gasteiger partial charge in [0.25, 0.3) is 0 Å². The van der Waals surface area contributed by atoms with Gasteiger partial charge in [-0.25, -0.2) is 0 Å². The van der Waals surface area contributed by atoms with Crippen LogP contribution in [0.1, 0.15) is 44.4 Å². The molecule has 2 aromatic carbocycles. The van der Waals surface area contributed by atoms with E-state index in [0.29, 0.717) is 5.54 Å². The number of fused-ring (bicyclic) bond motifs is 4. The molecule has 1 nitrogen and oxygen atoms in total. The largest absolute Gasteiger partial charge is 0.253 e. The molecule has 26 heavy (non-hydrogen) atoms. The summed E-state index contributed by atoms with van der Waals surface area (Å²) in [5.41, 5.74) is 11.4. The quantitative estimate of drug-likeness (QED) is 0.592. The fourth-order valence-corrected chi connectivity index (χ4v) is 6.02. The molecule has 0 saturated heterocycles. The number of hydrogen-bond acceptors (Lipinski definition) is 1. The number of allylic oxidation sites excluding steroid dienone is 5. The monoisotopic (exact) mass is 351 g/mol. The molecule has 0 bridgehead atoms. The van der Waals surface area contributed by atoms with Gasteiger partial charge in [0.15, 0.2) is 0 Å². The first-order valence-corrected chi connectivity index (χ1v) is 10.3. The highest BCUT2D eigenvalue weighted by Gasteiger charge is 2.30. The van der Waals surface area contributed by atoms with Crippen molar-refractivity contribution in [1.82, 2.24) is 0 Å². The second-order valence-corrected chi connectivity index (χ2v) is 8.93. The lowest BCUT2D eigenvalue weighted by atomic mass is 10.0. The van der Waals surface area contributed by atoms with Crippen molar-refractivity contribution >= 4 is 32.1 Å². The maximum atomic E-state index is 4.76. The van der Waals surface area contributed by atoms with Gasteiger partial charge in [0.05, 0.1) is 15.2 Å². The molecule has 2 radical (unpaired) electrons. The molecule has 0 saturated carbocycles. The molecule has 0 aromatic heterocycles. The summed E-state index contributed by atoms with van der Waals surface area (Å²) in [7, 11) is 0.761. The van der Waals surface area contributed by atoms with Gasteiger partial charge in [0.2, 0.25) is 0 Å². The van der Waals surface area contributed by atoms with E-state index in [4.69, 9.17) is 4.99 Å². The normalized spacial score (nSPS) is 21.2. The summed E-state index contributed by atoms with van der Waals surface area (Å²) in [5, 5.41) is 4.19. The molecule has 0 spiro atoms. The summed E-state index contributed by atoms with van der Waals surface area (Å²) in [6, 6.07) is 13.3. The van der Waals surface area contributed by atoms with E-state index < -0.39 is 0 Å². The number of aliphatic imine (C=N–C) groups is 1. The topological polar surface area (TPSA) is 12.4 Å². The van der Waals surface area contributed by atoms with Crippen molar-refractivity contribution in [1.29, 1.82) is 0 Å². The SMILES string of the molecule is CC1=Cc2c(ccc3ccccc23)C1[Si]C1=C(C)C2=C(C)C(C)=NC2=C1. The molecule has 126 valence electrons. The Balaban J connectivity index is 1.56. The first-order valence-electron chi connectivity index (χ1n) is 9.21. The average molecular weight is 352 g/mol. The van der Waals surface area contributed by atoms with Crippen LogP contribution in [0.25, 0.3) is 16.8 Å². The summed E-state index contributed by atoms with van der Waals surface area (Å²) in [6.07, 6.45) is 4.73. The molecule has 1 unspecified atom stereocenters. The highest BCUT2D eigenvalue weighted by atomic mass is 28.2. The van der Waals surface area contributed by atoms with Gasteiger partial charge in [-0.2, -0.15) is 0 Å². The van der Waals surface area contributed by atoms with E-state index in [1.165, 1.54) is 60.8 Å². The van der Waals surface area contributed by atoms with Crippen LogP contribution in [0.4, 0.5) is 0 Å². The molecule has 0 N–H and O–H groups in total.